The van der Waals surface area contributed by atoms with E-state index in [1.807, 2.05) is 0 Å². The van der Waals surface area contributed by atoms with Gasteiger partial charge in [0.15, 0.2) is 0 Å². The summed E-state index contributed by atoms with van der Waals surface area (Å²) in [6, 6.07) is 13.1. The maximum absolute atomic E-state index is 11.7. The van der Waals surface area contributed by atoms with E-state index in [2.05, 4.69) is 10.2 Å². The fraction of sp³-hybridized carbons (Fsp3) is 0. The maximum Gasteiger partial charge on any atom is 0.316 e. The van der Waals surface area contributed by atoms with Gasteiger partial charge in [0.05, 0.1) is 16.3 Å². The summed E-state index contributed by atoms with van der Waals surface area (Å²) >= 11 is 0. The molecule has 26 heavy (non-hydrogen) atoms. The summed E-state index contributed by atoms with van der Waals surface area (Å²) in [5.41, 5.74) is 6.67. The monoisotopic (exact) mass is 373 g/mol. The molecule has 0 unspecified atom stereocenters. The van der Waals surface area contributed by atoms with Gasteiger partial charge in [0.2, 0.25) is 0 Å². The van der Waals surface area contributed by atoms with Crippen molar-refractivity contribution in [2.45, 2.75) is 4.90 Å². The van der Waals surface area contributed by atoms with E-state index in [9.17, 15) is 17.9 Å². The second kappa shape index (κ2) is 6.50. The van der Waals surface area contributed by atoms with Crippen molar-refractivity contribution in [3.05, 3.63) is 59.5 Å². The van der Waals surface area contributed by atoms with Crippen molar-refractivity contribution < 1.29 is 23.1 Å². The molecule has 0 fully saturated rings. The number of hydrogen-bond acceptors (Lipinski definition) is 6. The van der Waals surface area contributed by atoms with E-state index in [-0.39, 0.29) is 32.3 Å². The highest BCUT2D eigenvalue weighted by atomic mass is 32.2. The van der Waals surface area contributed by atoms with Gasteiger partial charge in [0.25, 0.3) is 15.0 Å². The molecule has 0 radical (unpaired) electrons. The lowest BCUT2D eigenvalue weighted by Crippen LogP contribution is -2.01. The van der Waals surface area contributed by atoms with Crippen molar-refractivity contribution in [1.82, 2.24) is 0 Å². The molecule has 0 bridgehead atoms. The predicted octanol–water partition coefficient (Wildman–Crippen LogP) is 3.88. The number of benzene rings is 3. The van der Waals surface area contributed by atoms with Gasteiger partial charge in [-0.2, -0.15) is 13.5 Å². The summed E-state index contributed by atoms with van der Waals surface area (Å²) in [5, 5.41) is 17.4. The number of nitrogen functional groups attached to an aromatic ring is 1. The Kier molecular flexibility index (Phi) is 4.36. The van der Waals surface area contributed by atoms with Crippen LogP contribution < -0.4 is 5.73 Å². The summed E-state index contributed by atoms with van der Waals surface area (Å²) in [4.78, 5) is 10.1. The molecule has 0 saturated heterocycles. The van der Waals surface area contributed by atoms with Gasteiger partial charge >= 0.3 is 5.69 Å². The zero-order valence-corrected chi connectivity index (χ0v) is 14.0. The van der Waals surface area contributed by atoms with Gasteiger partial charge in [0, 0.05) is 22.9 Å². The van der Waals surface area contributed by atoms with Gasteiger partial charge in [-0.1, -0.05) is 24.3 Å². The van der Waals surface area contributed by atoms with E-state index in [0.29, 0.717) is 11.1 Å². The van der Waals surface area contributed by atoms with Gasteiger partial charge in [-0.05, 0) is 18.2 Å². The van der Waals surface area contributed by atoms with Crippen molar-refractivity contribution in [1.29, 1.82) is 0 Å². The Bertz CT molecular complexity index is 1140. The predicted molar refractivity (Wildman–Crippen MR) is 93.9 cm³/mol. The first-order chi connectivity index (χ1) is 12.3. The van der Waals surface area contributed by atoms with Crippen LogP contribution in [-0.2, 0) is 10.1 Å². The number of nitrogens with zero attached hydrogens (tertiary/aromatic N) is 3. The Hall–Kier alpha value is -3.37. The second-order valence-corrected chi connectivity index (χ2v) is 6.71. The normalized spacial score (nSPS) is 11.9. The molecule has 0 aromatic heterocycles. The molecule has 0 heterocycles. The molecule has 3 rings (SSSR count). The van der Waals surface area contributed by atoms with Crippen LogP contribution in [0.2, 0.25) is 0 Å². The van der Waals surface area contributed by atoms with E-state index < -0.39 is 10.1 Å². The Morgan fingerprint density at radius 2 is 1.58 bits per heavy atom. The van der Waals surface area contributed by atoms with Crippen LogP contribution in [0, 0.1) is 4.91 Å². The highest BCUT2D eigenvalue weighted by molar-refractivity contribution is 7.86. The molecular formula is C16H13N4O5S+. The zero-order valence-electron chi connectivity index (χ0n) is 13.1. The van der Waals surface area contributed by atoms with Crippen LogP contribution in [0.4, 0.5) is 22.7 Å². The molecule has 10 heteroatoms. The third-order valence-electron chi connectivity index (χ3n) is 3.65. The Balaban J connectivity index is 2.10. The molecule has 0 amide bonds. The molecule has 132 valence electrons. The van der Waals surface area contributed by atoms with Crippen LogP contribution in [0.1, 0.15) is 0 Å². The minimum absolute atomic E-state index is 0.0165. The largest absolute Gasteiger partial charge is 0.396 e. The molecule has 0 aliphatic rings. The van der Waals surface area contributed by atoms with Gasteiger partial charge in [0.1, 0.15) is 10.6 Å². The highest BCUT2D eigenvalue weighted by Crippen LogP contribution is 2.36. The number of nitrogens with two attached hydrogens (primary N) is 1. The van der Waals surface area contributed by atoms with E-state index in [4.69, 9.17) is 10.9 Å². The van der Waals surface area contributed by atoms with Crippen LogP contribution in [0.15, 0.2) is 69.7 Å². The molecule has 3 aromatic carbocycles. The van der Waals surface area contributed by atoms with Crippen LogP contribution in [0.25, 0.3) is 10.8 Å². The Morgan fingerprint density at radius 3 is 2.15 bits per heavy atom. The van der Waals surface area contributed by atoms with E-state index >= 15 is 0 Å². The molecule has 0 spiro atoms. The summed E-state index contributed by atoms with van der Waals surface area (Å²) in [6.45, 7) is 0. The second-order valence-electron chi connectivity index (χ2n) is 5.32. The van der Waals surface area contributed by atoms with Crippen molar-refractivity contribution in [2.75, 3.05) is 5.73 Å². The van der Waals surface area contributed by atoms with E-state index in [1.165, 1.54) is 30.3 Å². The molecule has 4 N–H and O–H groups in total. The number of azo groups is 1. The SMILES string of the molecule is Nc1c(/N=N/c2ccc([N+](=O)O)cc2)cc(S(=O)(=O)O)c2ccccc12. The van der Waals surface area contributed by atoms with Crippen molar-refractivity contribution in [2.24, 2.45) is 10.2 Å². The first kappa shape index (κ1) is 17.5. The summed E-state index contributed by atoms with van der Waals surface area (Å²) in [6.07, 6.45) is 0. The van der Waals surface area contributed by atoms with Gasteiger partial charge in [-0.3, -0.25) is 4.55 Å². The Morgan fingerprint density at radius 1 is 0.962 bits per heavy atom. The number of fused-ring (bicyclic) bond motifs is 1. The third kappa shape index (κ3) is 3.36. The zero-order chi connectivity index (χ0) is 18.9. The molecular weight excluding hydrogens is 360 g/mol. The Labute approximate surface area is 147 Å². The molecule has 0 aliphatic heterocycles. The minimum Gasteiger partial charge on any atom is -0.396 e. The number of hydrogen-bond donors (Lipinski definition) is 3. The number of rotatable bonds is 4. The lowest BCUT2D eigenvalue weighted by atomic mass is 10.1. The smallest absolute Gasteiger partial charge is 0.316 e. The van der Waals surface area contributed by atoms with Gasteiger partial charge in [-0.25, -0.2) is 5.21 Å². The van der Waals surface area contributed by atoms with Crippen LogP contribution in [0.5, 0.6) is 0 Å². The molecule has 9 nitrogen and oxygen atoms in total. The molecule has 0 aliphatic carbocycles. The first-order valence-corrected chi connectivity index (χ1v) is 8.68. The summed E-state index contributed by atoms with van der Waals surface area (Å²) in [5.74, 6) is 0. The number of anilines is 1. The van der Waals surface area contributed by atoms with Gasteiger partial charge in [-0.15, -0.1) is 5.11 Å². The fourth-order valence-electron chi connectivity index (χ4n) is 2.41. The maximum atomic E-state index is 11.7. The van der Waals surface area contributed by atoms with E-state index in [1.54, 1.807) is 18.2 Å². The first-order valence-electron chi connectivity index (χ1n) is 7.24. The van der Waals surface area contributed by atoms with Crippen molar-refractivity contribution in [3.63, 3.8) is 0 Å². The molecule has 0 saturated carbocycles. The fourth-order valence-corrected chi connectivity index (χ4v) is 3.12. The highest BCUT2D eigenvalue weighted by Gasteiger charge is 2.18. The molecule has 3 aromatic rings. The third-order valence-corrected chi connectivity index (χ3v) is 4.54. The standard InChI is InChI=1S/C16H12N4O5S/c17-16-13-4-2-1-3-12(13)15(26(23,24)25)9-14(16)19-18-10-5-7-11(8-6-10)20(21)22/h1-9H,17H2,(H-,21,22,23,24,25)/p+1/b19-18+. The quantitative estimate of drug-likeness (QED) is 0.274. The minimum atomic E-state index is -4.49. The van der Waals surface area contributed by atoms with Crippen LogP contribution >= 0.6 is 0 Å². The van der Waals surface area contributed by atoms with Crippen LogP contribution in [0.3, 0.4) is 0 Å². The van der Waals surface area contributed by atoms with Crippen molar-refractivity contribution in [3.8, 4) is 0 Å². The lowest BCUT2D eigenvalue weighted by molar-refractivity contribution is -0.729. The summed E-state index contributed by atoms with van der Waals surface area (Å²) < 4.78 is 32.8. The average molecular weight is 373 g/mol. The van der Waals surface area contributed by atoms with E-state index in [0.717, 1.165) is 6.07 Å². The topological polar surface area (TPSA) is 145 Å². The van der Waals surface area contributed by atoms with Crippen molar-refractivity contribution >= 4 is 43.6 Å². The summed E-state index contributed by atoms with van der Waals surface area (Å²) in [7, 11) is -4.49. The van der Waals surface area contributed by atoms with Crippen LogP contribution in [-0.4, -0.2) is 23.1 Å². The molecule has 0 atom stereocenters. The average Bonchev–Trinajstić information content (AvgIpc) is 2.60. The lowest BCUT2D eigenvalue weighted by Gasteiger charge is -2.09. The van der Waals surface area contributed by atoms with Gasteiger partial charge < -0.3 is 5.73 Å².